The van der Waals surface area contributed by atoms with Crippen LogP contribution in [0.15, 0.2) is 24.3 Å². The molecule has 1 aromatic carbocycles. The zero-order valence-electron chi connectivity index (χ0n) is 12.7. The van der Waals surface area contributed by atoms with Crippen molar-refractivity contribution < 1.29 is 0 Å². The zero-order chi connectivity index (χ0) is 14.6. The van der Waals surface area contributed by atoms with Crippen LogP contribution in [0.1, 0.15) is 65.4 Å². The van der Waals surface area contributed by atoms with Crippen molar-refractivity contribution in [2.75, 3.05) is 0 Å². The molecule has 21 heavy (non-hydrogen) atoms. The molecule has 110 valence electrons. The Balaban J connectivity index is 1.73. The second-order valence-electron chi connectivity index (χ2n) is 7.30. The minimum Gasteiger partial charge on any atom is -0.323 e. The number of hydrogen-bond donors (Lipinski definition) is 1. The predicted octanol–water partition coefficient (Wildman–Crippen LogP) is 4.19. The number of hydrogen-bond acceptors (Lipinski definition) is 3. The summed E-state index contributed by atoms with van der Waals surface area (Å²) in [6.45, 7) is 4.61. The first-order valence-corrected chi connectivity index (χ1v) is 8.68. The second kappa shape index (κ2) is 4.65. The maximum absolute atomic E-state index is 6.40. The van der Waals surface area contributed by atoms with Gasteiger partial charge in [-0.05, 0) is 42.2 Å². The molecule has 2 aromatic rings. The summed E-state index contributed by atoms with van der Waals surface area (Å²) in [5.41, 5.74) is 10.9. The molecule has 0 bridgehead atoms. The third-order valence-electron chi connectivity index (χ3n) is 4.93. The predicted molar refractivity (Wildman–Crippen MR) is 87.8 cm³/mol. The molecule has 4 rings (SSSR count). The van der Waals surface area contributed by atoms with E-state index in [1.165, 1.54) is 39.5 Å². The fourth-order valence-electron chi connectivity index (χ4n) is 3.98. The minimum atomic E-state index is 0.173. The van der Waals surface area contributed by atoms with E-state index in [9.17, 15) is 0 Å². The van der Waals surface area contributed by atoms with Gasteiger partial charge >= 0.3 is 0 Å². The third-order valence-corrected chi connectivity index (χ3v) is 6.27. The molecular formula is C18H22N2S. The van der Waals surface area contributed by atoms with Crippen LogP contribution < -0.4 is 5.73 Å². The number of nitrogens with zero attached hydrogens (tertiary/aromatic N) is 1. The molecule has 2 N–H and O–H groups in total. The standard InChI is InChI=1S/C18H22N2S/c1-18(2)9-14(19)16-15(10-18)20-17(21-16)13-8-7-11-5-3-4-6-12(11)13/h3-6,13-14H,7-10,19H2,1-2H3. The summed E-state index contributed by atoms with van der Waals surface area (Å²) >= 11 is 1.87. The molecule has 0 amide bonds. The van der Waals surface area contributed by atoms with Gasteiger partial charge in [-0.15, -0.1) is 11.3 Å². The molecule has 0 saturated heterocycles. The maximum Gasteiger partial charge on any atom is 0.101 e. The Morgan fingerprint density at radius 1 is 1.29 bits per heavy atom. The summed E-state index contributed by atoms with van der Waals surface area (Å²) in [5, 5.41) is 1.29. The lowest BCUT2D eigenvalue weighted by Crippen LogP contribution is -2.28. The van der Waals surface area contributed by atoms with E-state index >= 15 is 0 Å². The van der Waals surface area contributed by atoms with Crippen molar-refractivity contribution in [3.05, 3.63) is 51.0 Å². The lowest BCUT2D eigenvalue weighted by atomic mass is 9.77. The smallest absolute Gasteiger partial charge is 0.101 e. The minimum absolute atomic E-state index is 0.173. The molecule has 2 aliphatic rings. The molecular weight excluding hydrogens is 276 g/mol. The van der Waals surface area contributed by atoms with Crippen molar-refractivity contribution in [3.8, 4) is 0 Å². The molecule has 0 fully saturated rings. The average molecular weight is 298 g/mol. The van der Waals surface area contributed by atoms with E-state index in [-0.39, 0.29) is 11.5 Å². The van der Waals surface area contributed by atoms with Gasteiger partial charge in [0.2, 0.25) is 0 Å². The van der Waals surface area contributed by atoms with E-state index in [1.807, 2.05) is 11.3 Å². The second-order valence-corrected chi connectivity index (χ2v) is 8.37. The molecule has 2 aliphatic carbocycles. The fourth-order valence-corrected chi connectivity index (χ4v) is 5.21. The Hall–Kier alpha value is -1.19. The highest BCUT2D eigenvalue weighted by molar-refractivity contribution is 7.12. The van der Waals surface area contributed by atoms with Gasteiger partial charge in [0.15, 0.2) is 0 Å². The van der Waals surface area contributed by atoms with E-state index in [2.05, 4.69) is 38.1 Å². The van der Waals surface area contributed by atoms with Gasteiger partial charge in [0, 0.05) is 16.8 Å². The molecule has 2 nitrogen and oxygen atoms in total. The lowest BCUT2D eigenvalue weighted by Gasteiger charge is -2.32. The molecule has 2 unspecified atom stereocenters. The van der Waals surface area contributed by atoms with E-state index in [0.717, 1.165) is 12.8 Å². The number of benzene rings is 1. The highest BCUT2D eigenvalue weighted by Crippen LogP contribution is 2.46. The van der Waals surface area contributed by atoms with E-state index in [4.69, 9.17) is 10.7 Å². The molecule has 1 aromatic heterocycles. The SMILES string of the molecule is CC1(C)Cc2nc(C3CCc4ccccc43)sc2C(N)C1. The van der Waals surface area contributed by atoms with Gasteiger partial charge in [-0.1, -0.05) is 38.1 Å². The number of fused-ring (bicyclic) bond motifs is 2. The molecule has 0 spiro atoms. The maximum atomic E-state index is 6.40. The van der Waals surface area contributed by atoms with Gasteiger partial charge in [-0.3, -0.25) is 0 Å². The zero-order valence-corrected chi connectivity index (χ0v) is 13.5. The Morgan fingerprint density at radius 2 is 2.10 bits per heavy atom. The monoisotopic (exact) mass is 298 g/mol. The average Bonchev–Trinajstić information content (AvgIpc) is 3.00. The Morgan fingerprint density at radius 3 is 2.95 bits per heavy atom. The van der Waals surface area contributed by atoms with Crippen LogP contribution in [-0.2, 0) is 12.8 Å². The Kier molecular flexibility index (Phi) is 2.98. The number of rotatable bonds is 1. The van der Waals surface area contributed by atoms with Crippen LogP contribution in [0.4, 0.5) is 0 Å². The van der Waals surface area contributed by atoms with Gasteiger partial charge in [-0.25, -0.2) is 4.98 Å². The first-order valence-electron chi connectivity index (χ1n) is 7.86. The van der Waals surface area contributed by atoms with Crippen molar-refractivity contribution in [3.63, 3.8) is 0 Å². The number of nitrogens with two attached hydrogens (primary N) is 1. The summed E-state index contributed by atoms with van der Waals surface area (Å²) in [6.07, 6.45) is 4.52. The quantitative estimate of drug-likeness (QED) is 0.857. The third kappa shape index (κ3) is 2.23. The summed E-state index contributed by atoms with van der Waals surface area (Å²) in [4.78, 5) is 6.36. The summed E-state index contributed by atoms with van der Waals surface area (Å²) in [6, 6.07) is 9.01. The largest absolute Gasteiger partial charge is 0.323 e. The van der Waals surface area contributed by atoms with E-state index in [0.29, 0.717) is 5.92 Å². The van der Waals surface area contributed by atoms with Crippen LogP contribution in [0.25, 0.3) is 0 Å². The molecule has 3 heteroatoms. The highest BCUT2D eigenvalue weighted by atomic mass is 32.1. The van der Waals surface area contributed by atoms with Gasteiger partial charge in [0.1, 0.15) is 5.01 Å². The van der Waals surface area contributed by atoms with Crippen molar-refractivity contribution in [2.24, 2.45) is 11.1 Å². The molecule has 0 saturated carbocycles. The first kappa shape index (κ1) is 13.5. The van der Waals surface area contributed by atoms with Crippen LogP contribution in [0, 0.1) is 5.41 Å². The number of aromatic nitrogens is 1. The van der Waals surface area contributed by atoms with Crippen LogP contribution in [0.3, 0.4) is 0 Å². The van der Waals surface area contributed by atoms with E-state index < -0.39 is 0 Å². The van der Waals surface area contributed by atoms with Crippen molar-refractivity contribution >= 4 is 11.3 Å². The van der Waals surface area contributed by atoms with Gasteiger partial charge in [-0.2, -0.15) is 0 Å². The Bertz CT molecular complexity index is 686. The number of thiazole rings is 1. The van der Waals surface area contributed by atoms with Crippen molar-refractivity contribution in [1.29, 1.82) is 0 Å². The normalized spacial score (nSPS) is 26.4. The lowest BCUT2D eigenvalue weighted by molar-refractivity contribution is 0.282. The summed E-state index contributed by atoms with van der Waals surface area (Å²) in [5.74, 6) is 0.493. The van der Waals surface area contributed by atoms with Crippen LogP contribution >= 0.6 is 11.3 Å². The molecule has 1 heterocycles. The summed E-state index contributed by atoms with van der Waals surface area (Å²) < 4.78 is 0. The van der Waals surface area contributed by atoms with Crippen LogP contribution in [-0.4, -0.2) is 4.98 Å². The fraction of sp³-hybridized carbons (Fsp3) is 0.500. The van der Waals surface area contributed by atoms with Crippen molar-refractivity contribution in [2.45, 2.75) is 51.5 Å². The van der Waals surface area contributed by atoms with Crippen molar-refractivity contribution in [1.82, 2.24) is 4.98 Å². The van der Waals surface area contributed by atoms with E-state index in [1.54, 1.807) is 0 Å². The van der Waals surface area contributed by atoms with Crippen LogP contribution in [0.2, 0.25) is 0 Å². The highest BCUT2D eigenvalue weighted by Gasteiger charge is 2.35. The number of aryl methyl sites for hydroxylation is 1. The first-order chi connectivity index (χ1) is 10.0. The topological polar surface area (TPSA) is 38.9 Å². The van der Waals surface area contributed by atoms with Gasteiger partial charge < -0.3 is 5.73 Å². The van der Waals surface area contributed by atoms with Gasteiger partial charge in [0.25, 0.3) is 0 Å². The molecule has 2 atom stereocenters. The summed E-state index contributed by atoms with van der Waals surface area (Å²) in [7, 11) is 0. The van der Waals surface area contributed by atoms with Gasteiger partial charge in [0.05, 0.1) is 5.69 Å². The molecule has 0 radical (unpaired) electrons. The van der Waals surface area contributed by atoms with Crippen LogP contribution in [0.5, 0.6) is 0 Å². The Labute approximate surface area is 130 Å². The molecule has 0 aliphatic heterocycles.